The van der Waals surface area contributed by atoms with E-state index in [0.717, 1.165) is 5.56 Å². The highest BCUT2D eigenvalue weighted by atomic mass is 15.3. The second kappa shape index (κ2) is 4.29. The summed E-state index contributed by atoms with van der Waals surface area (Å²) in [7, 11) is 0. The third-order valence-corrected chi connectivity index (χ3v) is 2.08. The first-order chi connectivity index (χ1) is 7.42. The van der Waals surface area contributed by atoms with Gasteiger partial charge in [0, 0.05) is 0 Å². The molecule has 0 aliphatic heterocycles. The molecule has 0 saturated heterocycles. The summed E-state index contributed by atoms with van der Waals surface area (Å²) in [5.41, 5.74) is 1.54. The van der Waals surface area contributed by atoms with Crippen molar-refractivity contribution in [3.63, 3.8) is 0 Å². The molecule has 2 aromatic rings. The van der Waals surface area contributed by atoms with Crippen LogP contribution in [0.2, 0.25) is 0 Å². The molecule has 1 aromatic heterocycles. The molecule has 0 aliphatic rings. The van der Waals surface area contributed by atoms with Gasteiger partial charge in [-0.2, -0.15) is 5.26 Å². The lowest BCUT2D eigenvalue weighted by molar-refractivity contribution is 0.798. The van der Waals surface area contributed by atoms with Gasteiger partial charge in [-0.1, -0.05) is 30.3 Å². The van der Waals surface area contributed by atoms with E-state index in [1.807, 2.05) is 30.3 Å². The van der Waals surface area contributed by atoms with E-state index in [2.05, 4.69) is 21.5 Å². The lowest BCUT2D eigenvalue weighted by Crippen LogP contribution is -2.02. The fourth-order valence-electron chi connectivity index (χ4n) is 1.36. The fraction of sp³-hybridized carbons (Fsp3) is 0.0909. The molecule has 15 heavy (non-hydrogen) atoms. The van der Waals surface area contributed by atoms with Gasteiger partial charge < -0.3 is 0 Å². The average Bonchev–Trinajstić information content (AvgIpc) is 2.33. The molecule has 4 nitrogen and oxygen atoms in total. The Labute approximate surface area is 87.2 Å². The van der Waals surface area contributed by atoms with Crippen molar-refractivity contribution in [2.24, 2.45) is 0 Å². The number of rotatable bonds is 2. The molecule has 0 spiro atoms. The Kier molecular flexibility index (Phi) is 2.65. The summed E-state index contributed by atoms with van der Waals surface area (Å²) in [6, 6.07) is 13.4. The Morgan fingerprint density at radius 1 is 1.13 bits per heavy atom. The summed E-state index contributed by atoms with van der Waals surface area (Å²) in [5.74, 6) is -0.373. The normalized spacial score (nSPS) is 11.7. The standard InChI is InChI=1S/C11H8N4/c12-8-10(9-4-2-1-3-5-9)11-6-7-13-15-14-11/h1-7,10H. The highest BCUT2D eigenvalue weighted by Crippen LogP contribution is 2.20. The smallest absolute Gasteiger partial charge is 0.115 e. The molecule has 1 heterocycles. The van der Waals surface area contributed by atoms with E-state index < -0.39 is 0 Å². The van der Waals surface area contributed by atoms with Gasteiger partial charge in [-0.25, -0.2) is 0 Å². The van der Waals surface area contributed by atoms with Crippen molar-refractivity contribution in [3.05, 3.63) is 53.9 Å². The number of aromatic nitrogens is 3. The highest BCUT2D eigenvalue weighted by molar-refractivity contribution is 5.33. The van der Waals surface area contributed by atoms with Crippen molar-refractivity contribution < 1.29 is 0 Å². The maximum Gasteiger partial charge on any atom is 0.115 e. The van der Waals surface area contributed by atoms with Gasteiger partial charge >= 0.3 is 0 Å². The van der Waals surface area contributed by atoms with Crippen molar-refractivity contribution in [2.45, 2.75) is 5.92 Å². The maximum absolute atomic E-state index is 9.09. The third kappa shape index (κ3) is 1.97. The second-order valence-corrected chi connectivity index (χ2v) is 3.02. The van der Waals surface area contributed by atoms with Gasteiger partial charge in [0.05, 0.1) is 18.0 Å². The van der Waals surface area contributed by atoms with Gasteiger partial charge in [0.15, 0.2) is 0 Å². The third-order valence-electron chi connectivity index (χ3n) is 2.08. The predicted molar refractivity (Wildman–Crippen MR) is 53.7 cm³/mol. The van der Waals surface area contributed by atoms with Crippen LogP contribution in [0.5, 0.6) is 0 Å². The Morgan fingerprint density at radius 2 is 1.93 bits per heavy atom. The van der Waals surface area contributed by atoms with Crippen molar-refractivity contribution in [3.8, 4) is 6.07 Å². The van der Waals surface area contributed by atoms with Crippen molar-refractivity contribution in [1.29, 1.82) is 5.26 Å². The molecule has 0 saturated carbocycles. The molecule has 0 N–H and O–H groups in total. The SMILES string of the molecule is N#CC(c1ccccc1)c1ccnnn1. The van der Waals surface area contributed by atoms with Gasteiger partial charge in [0.1, 0.15) is 5.92 Å². The van der Waals surface area contributed by atoms with E-state index in [9.17, 15) is 0 Å². The summed E-state index contributed by atoms with van der Waals surface area (Å²) in [4.78, 5) is 0. The van der Waals surface area contributed by atoms with Crippen LogP contribution in [0.4, 0.5) is 0 Å². The van der Waals surface area contributed by atoms with Crippen LogP contribution in [0.3, 0.4) is 0 Å². The first kappa shape index (κ1) is 9.28. The van der Waals surface area contributed by atoms with Gasteiger partial charge in [-0.3, -0.25) is 0 Å². The van der Waals surface area contributed by atoms with E-state index in [1.165, 1.54) is 6.20 Å². The van der Waals surface area contributed by atoms with Gasteiger partial charge in [0.25, 0.3) is 0 Å². The summed E-state index contributed by atoms with van der Waals surface area (Å²) < 4.78 is 0. The maximum atomic E-state index is 9.09. The van der Waals surface area contributed by atoms with Crippen LogP contribution < -0.4 is 0 Å². The second-order valence-electron chi connectivity index (χ2n) is 3.02. The molecule has 0 fully saturated rings. The Bertz CT molecular complexity index is 421. The highest BCUT2D eigenvalue weighted by Gasteiger charge is 2.14. The summed E-state index contributed by atoms with van der Waals surface area (Å²) in [6.07, 6.45) is 1.54. The Balaban J connectivity index is 2.39. The zero-order valence-corrected chi connectivity index (χ0v) is 7.91. The van der Waals surface area contributed by atoms with Gasteiger partial charge in [-0.15, -0.1) is 10.2 Å². The zero-order chi connectivity index (χ0) is 10.5. The van der Waals surface area contributed by atoms with Gasteiger partial charge in [0.2, 0.25) is 0 Å². The predicted octanol–water partition coefficient (Wildman–Crippen LogP) is 1.53. The molecule has 4 heteroatoms. The van der Waals surface area contributed by atoms with Crippen LogP contribution in [-0.4, -0.2) is 15.4 Å². The van der Waals surface area contributed by atoms with Crippen LogP contribution in [0.25, 0.3) is 0 Å². The largest absolute Gasteiger partial charge is 0.197 e. The minimum absolute atomic E-state index is 0.373. The Hall–Kier alpha value is -2.28. The molecule has 0 radical (unpaired) electrons. The lowest BCUT2D eigenvalue weighted by atomic mass is 9.97. The van der Waals surface area contributed by atoms with Crippen molar-refractivity contribution in [2.75, 3.05) is 0 Å². The van der Waals surface area contributed by atoms with Gasteiger partial charge in [-0.05, 0) is 16.8 Å². The minimum atomic E-state index is -0.373. The topological polar surface area (TPSA) is 62.5 Å². The van der Waals surface area contributed by atoms with E-state index in [1.54, 1.807) is 6.07 Å². The fourth-order valence-corrected chi connectivity index (χ4v) is 1.36. The Morgan fingerprint density at radius 3 is 2.53 bits per heavy atom. The van der Waals surface area contributed by atoms with Crippen LogP contribution in [-0.2, 0) is 0 Å². The van der Waals surface area contributed by atoms with Crippen LogP contribution >= 0.6 is 0 Å². The van der Waals surface area contributed by atoms with Crippen LogP contribution in [0.1, 0.15) is 17.2 Å². The molecular formula is C11H8N4. The monoisotopic (exact) mass is 196 g/mol. The number of benzene rings is 1. The van der Waals surface area contributed by atoms with E-state index in [0.29, 0.717) is 5.69 Å². The first-order valence-corrected chi connectivity index (χ1v) is 4.50. The number of hydrogen-bond donors (Lipinski definition) is 0. The number of hydrogen-bond acceptors (Lipinski definition) is 4. The summed E-state index contributed by atoms with van der Waals surface area (Å²) in [6.45, 7) is 0. The van der Waals surface area contributed by atoms with Crippen LogP contribution in [0.15, 0.2) is 42.6 Å². The van der Waals surface area contributed by atoms with Crippen molar-refractivity contribution in [1.82, 2.24) is 15.4 Å². The average molecular weight is 196 g/mol. The number of nitrogens with zero attached hydrogens (tertiary/aromatic N) is 4. The lowest BCUT2D eigenvalue weighted by Gasteiger charge is -2.06. The molecule has 2 rings (SSSR count). The molecular weight excluding hydrogens is 188 g/mol. The molecule has 0 amide bonds. The molecule has 0 bridgehead atoms. The summed E-state index contributed by atoms with van der Waals surface area (Å²) >= 11 is 0. The first-order valence-electron chi connectivity index (χ1n) is 4.50. The molecule has 1 atom stereocenters. The molecule has 0 aliphatic carbocycles. The molecule has 72 valence electrons. The van der Waals surface area contributed by atoms with Crippen molar-refractivity contribution >= 4 is 0 Å². The van der Waals surface area contributed by atoms with E-state index in [-0.39, 0.29) is 5.92 Å². The van der Waals surface area contributed by atoms with E-state index in [4.69, 9.17) is 5.26 Å². The van der Waals surface area contributed by atoms with Crippen LogP contribution in [0, 0.1) is 11.3 Å². The van der Waals surface area contributed by atoms with E-state index >= 15 is 0 Å². The minimum Gasteiger partial charge on any atom is -0.197 e. The molecule has 1 aromatic carbocycles. The summed E-state index contributed by atoms with van der Waals surface area (Å²) in [5, 5.41) is 20.1. The quantitative estimate of drug-likeness (QED) is 0.730. The molecule has 1 unspecified atom stereocenters. The number of nitriles is 1. The zero-order valence-electron chi connectivity index (χ0n) is 7.91.